The zero-order chi connectivity index (χ0) is 14.0. The lowest BCUT2D eigenvalue weighted by atomic mass is 10.2. The molecule has 1 aliphatic heterocycles. The van der Waals surface area contributed by atoms with E-state index in [2.05, 4.69) is 10.4 Å². The van der Waals surface area contributed by atoms with Gasteiger partial charge in [0.05, 0.1) is 18.0 Å². The third-order valence-electron chi connectivity index (χ3n) is 2.77. The molecule has 2 atom stereocenters. The van der Waals surface area contributed by atoms with E-state index in [1.54, 1.807) is 0 Å². The summed E-state index contributed by atoms with van der Waals surface area (Å²) in [5.74, 6) is -0.351. The number of alkyl halides is 3. The van der Waals surface area contributed by atoms with Crippen molar-refractivity contribution in [2.75, 3.05) is 5.32 Å². The van der Waals surface area contributed by atoms with Gasteiger partial charge in [-0.05, 0) is 19.8 Å². The molecule has 0 aromatic carbocycles. The van der Waals surface area contributed by atoms with Gasteiger partial charge in [0.2, 0.25) is 0 Å². The van der Waals surface area contributed by atoms with Crippen molar-refractivity contribution in [1.29, 1.82) is 0 Å². The minimum absolute atomic E-state index is 0.0312. The number of carbonyl (C=O) groups is 1. The van der Waals surface area contributed by atoms with E-state index in [9.17, 15) is 18.0 Å². The average Bonchev–Trinajstić information content (AvgIpc) is 2.85. The number of carbonyl (C=O) groups excluding carboxylic acids is 1. The van der Waals surface area contributed by atoms with E-state index in [4.69, 9.17) is 4.74 Å². The highest BCUT2D eigenvalue weighted by Gasteiger charge is 2.30. The van der Waals surface area contributed by atoms with Crippen molar-refractivity contribution in [3.63, 3.8) is 0 Å². The molecule has 0 unspecified atom stereocenters. The normalized spacial score (nSPS) is 23.6. The lowest BCUT2D eigenvalue weighted by Crippen LogP contribution is -2.27. The molecule has 1 fully saturated rings. The predicted molar refractivity (Wildman–Crippen MR) is 60.5 cm³/mol. The molecule has 0 radical (unpaired) electrons. The van der Waals surface area contributed by atoms with E-state index in [0.717, 1.165) is 17.3 Å². The van der Waals surface area contributed by atoms with Gasteiger partial charge in [-0.2, -0.15) is 18.3 Å². The lowest BCUT2D eigenvalue weighted by molar-refractivity contribution is -0.142. The monoisotopic (exact) mass is 277 g/mol. The molecule has 0 bridgehead atoms. The largest absolute Gasteiger partial charge is 0.408 e. The second-order valence-electron chi connectivity index (χ2n) is 4.54. The molecule has 2 rings (SSSR count). The summed E-state index contributed by atoms with van der Waals surface area (Å²) < 4.78 is 42.5. The molecule has 5 nitrogen and oxygen atoms in total. The van der Waals surface area contributed by atoms with E-state index >= 15 is 0 Å². The first-order chi connectivity index (χ1) is 8.83. The van der Waals surface area contributed by atoms with Gasteiger partial charge < -0.3 is 10.1 Å². The molecular formula is C11H14F3N3O2. The molecule has 19 heavy (non-hydrogen) atoms. The highest BCUT2D eigenvalue weighted by atomic mass is 19.4. The number of ether oxygens (including phenoxy) is 1. The number of nitrogens with zero attached hydrogens (tertiary/aromatic N) is 2. The number of halogens is 3. The fraction of sp³-hybridized carbons (Fsp3) is 0.636. The van der Waals surface area contributed by atoms with Crippen LogP contribution < -0.4 is 5.32 Å². The van der Waals surface area contributed by atoms with Gasteiger partial charge in [0.25, 0.3) is 5.91 Å². The summed E-state index contributed by atoms with van der Waals surface area (Å²) >= 11 is 0. The number of hydrogen-bond acceptors (Lipinski definition) is 3. The molecule has 1 N–H and O–H groups in total. The first kappa shape index (κ1) is 13.9. The van der Waals surface area contributed by atoms with Crippen LogP contribution in [0.1, 0.15) is 19.8 Å². The van der Waals surface area contributed by atoms with Gasteiger partial charge in [-0.15, -0.1) is 0 Å². The maximum Gasteiger partial charge on any atom is 0.408 e. The molecule has 2 heterocycles. The Morgan fingerprint density at radius 1 is 1.58 bits per heavy atom. The van der Waals surface area contributed by atoms with Gasteiger partial charge in [0, 0.05) is 6.20 Å². The second kappa shape index (κ2) is 5.20. The molecule has 106 valence electrons. The maximum absolute atomic E-state index is 12.1. The van der Waals surface area contributed by atoms with Crippen molar-refractivity contribution in [3.8, 4) is 0 Å². The van der Waals surface area contributed by atoms with Crippen LogP contribution in [-0.2, 0) is 16.1 Å². The van der Waals surface area contributed by atoms with Gasteiger partial charge in [-0.3, -0.25) is 9.48 Å². The van der Waals surface area contributed by atoms with E-state index in [-0.39, 0.29) is 17.7 Å². The smallest absolute Gasteiger partial charge is 0.365 e. The van der Waals surface area contributed by atoms with Gasteiger partial charge in [0.15, 0.2) is 0 Å². The topological polar surface area (TPSA) is 56.2 Å². The Morgan fingerprint density at radius 3 is 2.89 bits per heavy atom. The Hall–Kier alpha value is -1.57. The fourth-order valence-electron chi connectivity index (χ4n) is 1.92. The van der Waals surface area contributed by atoms with Crippen molar-refractivity contribution in [2.45, 2.75) is 44.7 Å². The van der Waals surface area contributed by atoms with Crippen LogP contribution >= 0.6 is 0 Å². The lowest BCUT2D eigenvalue weighted by Gasteiger charge is -2.10. The molecule has 1 amide bonds. The number of aromatic nitrogens is 2. The minimum atomic E-state index is -4.34. The Morgan fingerprint density at radius 2 is 2.32 bits per heavy atom. The third kappa shape index (κ3) is 3.95. The quantitative estimate of drug-likeness (QED) is 0.918. The van der Waals surface area contributed by atoms with Crippen LogP contribution in [0.5, 0.6) is 0 Å². The van der Waals surface area contributed by atoms with Crippen LogP contribution in [0.25, 0.3) is 0 Å². The molecule has 0 aliphatic carbocycles. The number of amides is 1. The summed E-state index contributed by atoms with van der Waals surface area (Å²) in [4.78, 5) is 11.8. The van der Waals surface area contributed by atoms with Crippen molar-refractivity contribution in [2.24, 2.45) is 0 Å². The third-order valence-corrected chi connectivity index (χ3v) is 2.77. The highest BCUT2D eigenvalue weighted by Crippen LogP contribution is 2.21. The van der Waals surface area contributed by atoms with E-state index < -0.39 is 18.8 Å². The molecule has 1 saturated heterocycles. The molecule has 8 heteroatoms. The summed E-state index contributed by atoms with van der Waals surface area (Å²) in [5.41, 5.74) is 0.234. The van der Waals surface area contributed by atoms with E-state index in [1.165, 1.54) is 6.20 Å². The van der Waals surface area contributed by atoms with Crippen molar-refractivity contribution in [1.82, 2.24) is 9.78 Å². The van der Waals surface area contributed by atoms with Crippen LogP contribution in [-0.4, -0.2) is 34.1 Å². The average molecular weight is 277 g/mol. The molecule has 1 aliphatic rings. The molecule has 0 saturated carbocycles. The number of rotatable bonds is 3. The van der Waals surface area contributed by atoms with Crippen LogP contribution in [0, 0.1) is 0 Å². The SMILES string of the molecule is C[C@@H]1CC[C@H](C(=O)Nc2cnn(CC(F)(F)F)c2)O1. The van der Waals surface area contributed by atoms with Crippen LogP contribution in [0.4, 0.5) is 18.9 Å². The van der Waals surface area contributed by atoms with Gasteiger partial charge in [0.1, 0.15) is 12.6 Å². The molecule has 1 aromatic heterocycles. The predicted octanol–water partition coefficient (Wildman–Crippen LogP) is 1.95. The van der Waals surface area contributed by atoms with Crippen molar-refractivity contribution in [3.05, 3.63) is 12.4 Å². The summed E-state index contributed by atoms with van der Waals surface area (Å²) in [6, 6.07) is 0. The van der Waals surface area contributed by atoms with Crippen molar-refractivity contribution >= 4 is 11.6 Å². The van der Waals surface area contributed by atoms with Gasteiger partial charge >= 0.3 is 6.18 Å². The van der Waals surface area contributed by atoms with E-state index in [0.29, 0.717) is 6.42 Å². The number of hydrogen-bond donors (Lipinski definition) is 1. The molecule has 1 aromatic rings. The second-order valence-corrected chi connectivity index (χ2v) is 4.54. The summed E-state index contributed by atoms with van der Waals surface area (Å²) in [7, 11) is 0. The maximum atomic E-state index is 12.1. The fourth-order valence-corrected chi connectivity index (χ4v) is 1.92. The summed E-state index contributed by atoms with van der Waals surface area (Å²) in [6.45, 7) is 0.689. The van der Waals surface area contributed by atoms with Gasteiger partial charge in [-0.1, -0.05) is 0 Å². The Labute approximate surface area is 107 Å². The van der Waals surface area contributed by atoms with Crippen LogP contribution in [0.2, 0.25) is 0 Å². The van der Waals surface area contributed by atoms with Gasteiger partial charge in [-0.25, -0.2) is 0 Å². The standard InChI is InChI=1S/C11H14F3N3O2/c1-7-2-3-9(19-7)10(18)16-8-4-15-17(5-8)6-11(12,13)14/h4-5,7,9H,2-3,6H2,1H3,(H,16,18)/t7-,9-/m1/s1. The van der Waals surface area contributed by atoms with Crippen LogP contribution in [0.3, 0.4) is 0 Å². The first-order valence-corrected chi connectivity index (χ1v) is 5.89. The Bertz CT molecular complexity index is 458. The van der Waals surface area contributed by atoms with Crippen molar-refractivity contribution < 1.29 is 22.7 Å². The minimum Gasteiger partial charge on any atom is -0.365 e. The number of anilines is 1. The Kier molecular flexibility index (Phi) is 3.79. The highest BCUT2D eigenvalue weighted by molar-refractivity contribution is 5.94. The Balaban J connectivity index is 1.91. The first-order valence-electron chi connectivity index (χ1n) is 5.89. The summed E-state index contributed by atoms with van der Waals surface area (Å²) in [6.07, 6.45) is -1.11. The molecule has 0 spiro atoms. The zero-order valence-corrected chi connectivity index (χ0v) is 10.3. The summed E-state index contributed by atoms with van der Waals surface area (Å²) in [5, 5.41) is 6.03. The van der Waals surface area contributed by atoms with E-state index in [1.807, 2.05) is 6.92 Å². The van der Waals surface area contributed by atoms with Crippen LogP contribution in [0.15, 0.2) is 12.4 Å². The number of nitrogens with one attached hydrogen (secondary N) is 1. The molecular weight excluding hydrogens is 263 g/mol. The zero-order valence-electron chi connectivity index (χ0n) is 10.3.